The molecular formula is C20H20N2O4S. The number of para-hydroxylation sites is 1. The molecule has 0 aliphatic carbocycles. The van der Waals surface area contributed by atoms with E-state index in [-0.39, 0.29) is 12.5 Å². The molecule has 2 aromatic carbocycles. The molecule has 140 valence electrons. The van der Waals surface area contributed by atoms with Crippen molar-refractivity contribution in [3.05, 3.63) is 57.9 Å². The van der Waals surface area contributed by atoms with Crippen LogP contribution in [0, 0.1) is 13.8 Å². The number of rotatable bonds is 4. The monoisotopic (exact) mass is 384 g/mol. The summed E-state index contributed by atoms with van der Waals surface area (Å²) in [6, 6.07) is 11.0. The number of ether oxygens (including phenoxy) is 2. The van der Waals surface area contributed by atoms with Crippen molar-refractivity contribution in [3.63, 3.8) is 0 Å². The van der Waals surface area contributed by atoms with E-state index in [1.165, 1.54) is 18.4 Å². The summed E-state index contributed by atoms with van der Waals surface area (Å²) in [4.78, 5) is 29.3. The van der Waals surface area contributed by atoms with Crippen LogP contribution in [0.2, 0.25) is 0 Å². The third-order valence-corrected chi connectivity index (χ3v) is 5.39. The van der Waals surface area contributed by atoms with Gasteiger partial charge >= 0.3 is 5.97 Å². The number of thiazole rings is 1. The summed E-state index contributed by atoms with van der Waals surface area (Å²) >= 11 is 1.32. The zero-order chi connectivity index (χ0) is 19.6. The van der Waals surface area contributed by atoms with Gasteiger partial charge in [0.05, 0.1) is 18.9 Å². The second-order valence-electron chi connectivity index (χ2n) is 6.07. The Morgan fingerprint density at radius 3 is 2.56 bits per heavy atom. The molecule has 1 heterocycles. The van der Waals surface area contributed by atoms with Gasteiger partial charge in [0.15, 0.2) is 4.80 Å². The van der Waals surface area contributed by atoms with E-state index in [1.807, 2.05) is 38.1 Å². The number of aromatic nitrogens is 1. The maximum absolute atomic E-state index is 12.7. The summed E-state index contributed by atoms with van der Waals surface area (Å²) < 4.78 is 12.7. The lowest BCUT2D eigenvalue weighted by molar-refractivity contribution is -0.141. The smallest absolute Gasteiger partial charge is 0.325 e. The van der Waals surface area contributed by atoms with Crippen molar-refractivity contribution in [2.75, 3.05) is 14.2 Å². The molecule has 0 saturated carbocycles. The van der Waals surface area contributed by atoms with Crippen LogP contribution in [0.1, 0.15) is 21.5 Å². The average molecular weight is 384 g/mol. The fraction of sp³-hybridized carbons (Fsp3) is 0.250. The first-order valence-electron chi connectivity index (χ1n) is 8.34. The molecule has 0 aliphatic heterocycles. The predicted octanol–water partition coefficient (Wildman–Crippen LogP) is 3.24. The molecule has 0 bridgehead atoms. The third kappa shape index (κ3) is 3.78. The van der Waals surface area contributed by atoms with Gasteiger partial charge in [-0.05, 0) is 49.2 Å². The Hall–Kier alpha value is -2.93. The predicted molar refractivity (Wildman–Crippen MR) is 104 cm³/mol. The van der Waals surface area contributed by atoms with E-state index in [0.717, 1.165) is 15.8 Å². The highest BCUT2D eigenvalue weighted by atomic mass is 32.1. The molecule has 3 rings (SSSR count). The Labute approximate surface area is 160 Å². The second-order valence-corrected chi connectivity index (χ2v) is 7.08. The van der Waals surface area contributed by atoms with E-state index in [0.29, 0.717) is 21.6 Å². The highest BCUT2D eigenvalue weighted by Gasteiger charge is 2.15. The normalized spacial score (nSPS) is 11.6. The molecule has 0 radical (unpaired) electrons. The highest BCUT2D eigenvalue weighted by Crippen LogP contribution is 2.27. The number of carbonyl (C=O) groups is 2. The van der Waals surface area contributed by atoms with Crippen LogP contribution >= 0.6 is 11.3 Å². The molecular weight excluding hydrogens is 364 g/mol. The minimum atomic E-state index is -0.430. The van der Waals surface area contributed by atoms with E-state index >= 15 is 0 Å². The molecule has 0 fully saturated rings. The largest absolute Gasteiger partial charge is 0.495 e. The topological polar surface area (TPSA) is 69.9 Å². The molecule has 0 N–H and O–H groups in total. The number of benzene rings is 2. The lowest BCUT2D eigenvalue weighted by Gasteiger charge is -2.07. The van der Waals surface area contributed by atoms with Crippen LogP contribution in [-0.2, 0) is 16.1 Å². The van der Waals surface area contributed by atoms with Gasteiger partial charge in [-0.1, -0.05) is 23.5 Å². The van der Waals surface area contributed by atoms with Crippen LogP contribution in [0.3, 0.4) is 0 Å². The molecule has 0 unspecified atom stereocenters. The number of aryl methyl sites for hydroxylation is 2. The van der Waals surface area contributed by atoms with Crippen molar-refractivity contribution < 1.29 is 19.1 Å². The fourth-order valence-electron chi connectivity index (χ4n) is 2.71. The van der Waals surface area contributed by atoms with Gasteiger partial charge in [-0.2, -0.15) is 4.99 Å². The number of esters is 1. The zero-order valence-electron chi connectivity index (χ0n) is 15.6. The summed E-state index contributed by atoms with van der Waals surface area (Å²) in [5.41, 5.74) is 3.35. The van der Waals surface area contributed by atoms with Crippen LogP contribution < -0.4 is 9.54 Å². The van der Waals surface area contributed by atoms with Gasteiger partial charge in [-0.15, -0.1) is 0 Å². The van der Waals surface area contributed by atoms with E-state index in [9.17, 15) is 9.59 Å². The summed E-state index contributed by atoms with van der Waals surface area (Å²) in [5, 5.41) is 0. The lowest BCUT2D eigenvalue weighted by Crippen LogP contribution is -2.22. The van der Waals surface area contributed by atoms with Gasteiger partial charge in [-0.25, -0.2) is 0 Å². The number of fused-ring (bicyclic) bond motifs is 1. The van der Waals surface area contributed by atoms with Crippen LogP contribution in [0.15, 0.2) is 41.4 Å². The van der Waals surface area contributed by atoms with Gasteiger partial charge in [0.25, 0.3) is 5.91 Å². The number of hydrogen-bond acceptors (Lipinski definition) is 5. The first kappa shape index (κ1) is 18.8. The van der Waals surface area contributed by atoms with Gasteiger partial charge in [0.1, 0.15) is 17.8 Å². The molecule has 0 saturated heterocycles. The molecule has 27 heavy (non-hydrogen) atoms. The lowest BCUT2D eigenvalue weighted by atomic mass is 10.1. The highest BCUT2D eigenvalue weighted by molar-refractivity contribution is 7.16. The number of carbonyl (C=O) groups excluding carboxylic acids is 2. The first-order valence-corrected chi connectivity index (χ1v) is 9.15. The van der Waals surface area contributed by atoms with Crippen LogP contribution in [0.25, 0.3) is 10.2 Å². The van der Waals surface area contributed by atoms with Crippen molar-refractivity contribution in [2.45, 2.75) is 20.4 Å². The Morgan fingerprint density at radius 2 is 1.89 bits per heavy atom. The number of amides is 1. The van der Waals surface area contributed by atoms with Crippen molar-refractivity contribution in [3.8, 4) is 5.75 Å². The van der Waals surface area contributed by atoms with Crippen LogP contribution in [0.4, 0.5) is 0 Å². The van der Waals surface area contributed by atoms with Crippen molar-refractivity contribution in [1.29, 1.82) is 0 Å². The van der Waals surface area contributed by atoms with E-state index in [2.05, 4.69) is 4.99 Å². The van der Waals surface area contributed by atoms with Gasteiger partial charge < -0.3 is 14.0 Å². The molecule has 7 heteroatoms. The summed E-state index contributed by atoms with van der Waals surface area (Å²) in [6.45, 7) is 3.88. The number of nitrogens with zero attached hydrogens (tertiary/aromatic N) is 2. The van der Waals surface area contributed by atoms with Crippen molar-refractivity contribution in [2.24, 2.45) is 4.99 Å². The first-order chi connectivity index (χ1) is 12.9. The molecule has 3 aromatic rings. The Morgan fingerprint density at radius 1 is 1.11 bits per heavy atom. The second kappa shape index (κ2) is 7.75. The quantitative estimate of drug-likeness (QED) is 0.648. The van der Waals surface area contributed by atoms with Gasteiger partial charge in [0, 0.05) is 5.56 Å². The number of methoxy groups -OCH3 is 2. The molecule has 1 amide bonds. The standard InChI is InChI=1S/C20H20N2O4S/c1-12-8-9-14(10-13(12)2)19(24)21-20-22(11-17(23)26-4)18-15(25-3)6-5-7-16(18)27-20/h5-10H,11H2,1-4H3. The maximum atomic E-state index is 12.7. The van der Waals surface area contributed by atoms with E-state index in [4.69, 9.17) is 9.47 Å². The Balaban J connectivity index is 2.18. The Bertz CT molecular complexity index is 1100. The third-order valence-electron chi connectivity index (χ3n) is 4.35. The van der Waals surface area contributed by atoms with Crippen LogP contribution in [-0.4, -0.2) is 30.7 Å². The Kier molecular flexibility index (Phi) is 5.41. The van der Waals surface area contributed by atoms with Crippen molar-refractivity contribution in [1.82, 2.24) is 4.57 Å². The van der Waals surface area contributed by atoms with Gasteiger partial charge in [0.2, 0.25) is 0 Å². The summed E-state index contributed by atoms with van der Waals surface area (Å²) in [7, 11) is 2.89. The van der Waals surface area contributed by atoms with E-state index in [1.54, 1.807) is 23.8 Å². The molecule has 0 atom stereocenters. The summed E-state index contributed by atoms with van der Waals surface area (Å²) in [5.74, 6) is -0.185. The number of hydrogen-bond donors (Lipinski definition) is 0. The van der Waals surface area contributed by atoms with Gasteiger partial charge in [-0.3, -0.25) is 9.59 Å². The van der Waals surface area contributed by atoms with Crippen molar-refractivity contribution >= 4 is 33.4 Å². The molecule has 6 nitrogen and oxygen atoms in total. The van der Waals surface area contributed by atoms with E-state index < -0.39 is 5.97 Å². The fourth-order valence-corrected chi connectivity index (χ4v) is 3.76. The zero-order valence-corrected chi connectivity index (χ0v) is 16.4. The molecule has 0 aliphatic rings. The van der Waals surface area contributed by atoms with Crippen LogP contribution in [0.5, 0.6) is 5.75 Å². The minimum absolute atomic E-state index is 0.0596. The SMILES string of the molecule is COC(=O)Cn1c(=NC(=O)c2ccc(C)c(C)c2)sc2cccc(OC)c21. The molecule has 1 aromatic heterocycles. The summed E-state index contributed by atoms with van der Waals surface area (Å²) in [6.07, 6.45) is 0. The average Bonchev–Trinajstić information content (AvgIpc) is 3.00. The minimum Gasteiger partial charge on any atom is -0.495 e. The molecule has 0 spiro atoms. The maximum Gasteiger partial charge on any atom is 0.325 e.